The van der Waals surface area contributed by atoms with Gasteiger partial charge in [0.2, 0.25) is 0 Å². The Bertz CT molecular complexity index is 631. The molecule has 0 fully saturated rings. The standard InChI is InChI=1S/C20H28N4O/c1-4-22-20(23-13-14-25-19-11-8-12-21-15-19)24-17(3)16(2)18-9-6-5-7-10-18/h5-12,15-17H,4,13-14H2,1-3H3,(H2,22,23,24). The summed E-state index contributed by atoms with van der Waals surface area (Å²) in [6.07, 6.45) is 3.43. The highest BCUT2D eigenvalue weighted by atomic mass is 16.5. The van der Waals surface area contributed by atoms with Crippen molar-refractivity contribution in [2.24, 2.45) is 4.99 Å². The molecule has 0 aliphatic heterocycles. The van der Waals surface area contributed by atoms with Gasteiger partial charge in [0.1, 0.15) is 12.4 Å². The van der Waals surface area contributed by atoms with Gasteiger partial charge in [-0.2, -0.15) is 0 Å². The van der Waals surface area contributed by atoms with Crippen molar-refractivity contribution in [3.63, 3.8) is 0 Å². The Morgan fingerprint density at radius 2 is 1.96 bits per heavy atom. The molecule has 2 rings (SSSR count). The molecule has 0 aliphatic rings. The van der Waals surface area contributed by atoms with Crippen LogP contribution in [0.2, 0.25) is 0 Å². The van der Waals surface area contributed by atoms with Gasteiger partial charge in [-0.25, -0.2) is 4.99 Å². The molecule has 134 valence electrons. The van der Waals surface area contributed by atoms with Crippen molar-refractivity contribution in [1.29, 1.82) is 0 Å². The van der Waals surface area contributed by atoms with E-state index in [1.165, 1.54) is 5.56 Å². The molecule has 2 aromatic rings. The molecule has 2 N–H and O–H groups in total. The van der Waals surface area contributed by atoms with E-state index in [-0.39, 0.29) is 6.04 Å². The normalized spacial score (nSPS) is 13.8. The number of nitrogens with zero attached hydrogens (tertiary/aromatic N) is 2. The number of pyridine rings is 1. The van der Waals surface area contributed by atoms with Gasteiger partial charge in [0.25, 0.3) is 0 Å². The summed E-state index contributed by atoms with van der Waals surface area (Å²) in [4.78, 5) is 8.62. The van der Waals surface area contributed by atoms with E-state index in [9.17, 15) is 0 Å². The van der Waals surface area contributed by atoms with Gasteiger partial charge in [-0.15, -0.1) is 0 Å². The fourth-order valence-electron chi connectivity index (χ4n) is 2.46. The largest absolute Gasteiger partial charge is 0.490 e. The lowest BCUT2D eigenvalue weighted by Crippen LogP contribution is -2.44. The van der Waals surface area contributed by atoms with Gasteiger partial charge in [0.05, 0.1) is 12.7 Å². The summed E-state index contributed by atoms with van der Waals surface area (Å²) in [6.45, 7) is 8.39. The van der Waals surface area contributed by atoms with Crippen LogP contribution in [0, 0.1) is 0 Å². The van der Waals surface area contributed by atoms with E-state index < -0.39 is 0 Å². The van der Waals surface area contributed by atoms with E-state index in [1.807, 2.05) is 18.2 Å². The second-order valence-electron chi connectivity index (χ2n) is 5.93. The van der Waals surface area contributed by atoms with Gasteiger partial charge in [-0.1, -0.05) is 37.3 Å². The number of rotatable bonds is 8. The highest BCUT2D eigenvalue weighted by Gasteiger charge is 2.15. The van der Waals surface area contributed by atoms with Gasteiger partial charge in [-0.05, 0) is 31.5 Å². The van der Waals surface area contributed by atoms with Gasteiger partial charge in [0.15, 0.2) is 5.96 Å². The van der Waals surface area contributed by atoms with Crippen LogP contribution in [-0.2, 0) is 0 Å². The number of aromatic nitrogens is 1. The van der Waals surface area contributed by atoms with Gasteiger partial charge < -0.3 is 15.4 Å². The molecule has 1 heterocycles. The molecule has 0 saturated heterocycles. The number of aliphatic imine (C=N–C) groups is 1. The van der Waals surface area contributed by atoms with Gasteiger partial charge in [0, 0.05) is 24.7 Å². The van der Waals surface area contributed by atoms with Gasteiger partial charge >= 0.3 is 0 Å². The minimum Gasteiger partial charge on any atom is -0.490 e. The average molecular weight is 340 g/mol. The highest BCUT2D eigenvalue weighted by molar-refractivity contribution is 5.80. The summed E-state index contributed by atoms with van der Waals surface area (Å²) in [7, 11) is 0. The van der Waals surface area contributed by atoms with E-state index in [0.717, 1.165) is 18.3 Å². The first-order valence-electron chi connectivity index (χ1n) is 8.83. The third-order valence-electron chi connectivity index (χ3n) is 4.05. The smallest absolute Gasteiger partial charge is 0.191 e. The Morgan fingerprint density at radius 3 is 2.64 bits per heavy atom. The lowest BCUT2D eigenvalue weighted by atomic mass is 9.94. The summed E-state index contributed by atoms with van der Waals surface area (Å²) < 4.78 is 5.63. The molecular weight excluding hydrogens is 312 g/mol. The van der Waals surface area contributed by atoms with Crippen molar-refractivity contribution < 1.29 is 4.74 Å². The Morgan fingerprint density at radius 1 is 1.16 bits per heavy atom. The van der Waals surface area contributed by atoms with Crippen LogP contribution in [0.15, 0.2) is 59.9 Å². The topological polar surface area (TPSA) is 58.5 Å². The van der Waals surface area contributed by atoms with E-state index in [0.29, 0.717) is 19.1 Å². The number of benzene rings is 1. The van der Waals surface area contributed by atoms with Crippen LogP contribution in [0.3, 0.4) is 0 Å². The third kappa shape index (κ3) is 6.45. The van der Waals surface area contributed by atoms with E-state index in [2.05, 4.69) is 65.6 Å². The lowest BCUT2D eigenvalue weighted by Gasteiger charge is -2.24. The van der Waals surface area contributed by atoms with Crippen LogP contribution in [-0.4, -0.2) is 36.7 Å². The van der Waals surface area contributed by atoms with Crippen LogP contribution < -0.4 is 15.4 Å². The molecule has 0 saturated carbocycles. The molecule has 2 unspecified atom stereocenters. The van der Waals surface area contributed by atoms with Crippen molar-refractivity contribution in [3.05, 3.63) is 60.4 Å². The maximum absolute atomic E-state index is 5.63. The second-order valence-corrected chi connectivity index (χ2v) is 5.93. The Balaban J connectivity index is 1.86. The van der Waals surface area contributed by atoms with Gasteiger partial charge in [-0.3, -0.25) is 4.98 Å². The molecule has 2 atom stereocenters. The first-order chi connectivity index (χ1) is 12.2. The van der Waals surface area contributed by atoms with Crippen LogP contribution in [0.4, 0.5) is 0 Å². The van der Waals surface area contributed by atoms with Crippen molar-refractivity contribution >= 4 is 5.96 Å². The first kappa shape index (κ1) is 18.8. The van der Waals surface area contributed by atoms with Crippen LogP contribution in [0.25, 0.3) is 0 Å². The summed E-state index contributed by atoms with van der Waals surface area (Å²) in [5.74, 6) is 1.96. The average Bonchev–Trinajstić information content (AvgIpc) is 2.66. The number of hydrogen-bond acceptors (Lipinski definition) is 3. The van der Waals surface area contributed by atoms with E-state index in [4.69, 9.17) is 4.74 Å². The van der Waals surface area contributed by atoms with Crippen LogP contribution in [0.1, 0.15) is 32.3 Å². The van der Waals surface area contributed by atoms with Crippen molar-refractivity contribution in [2.45, 2.75) is 32.7 Å². The molecule has 0 aliphatic carbocycles. The second kappa shape index (κ2) is 10.3. The molecule has 0 spiro atoms. The molecule has 25 heavy (non-hydrogen) atoms. The zero-order chi connectivity index (χ0) is 17.9. The monoisotopic (exact) mass is 340 g/mol. The number of ether oxygens (including phenoxy) is 1. The lowest BCUT2D eigenvalue weighted by molar-refractivity contribution is 0.327. The summed E-state index contributed by atoms with van der Waals surface area (Å²) in [5.41, 5.74) is 1.32. The van der Waals surface area contributed by atoms with E-state index in [1.54, 1.807) is 12.4 Å². The molecule has 1 aromatic heterocycles. The van der Waals surface area contributed by atoms with Crippen LogP contribution >= 0.6 is 0 Å². The third-order valence-corrected chi connectivity index (χ3v) is 4.05. The highest BCUT2D eigenvalue weighted by Crippen LogP contribution is 2.18. The number of hydrogen-bond donors (Lipinski definition) is 2. The first-order valence-corrected chi connectivity index (χ1v) is 8.83. The zero-order valence-electron chi connectivity index (χ0n) is 15.3. The minimum atomic E-state index is 0.263. The molecule has 0 radical (unpaired) electrons. The van der Waals surface area contributed by atoms with Crippen molar-refractivity contribution in [1.82, 2.24) is 15.6 Å². The maximum Gasteiger partial charge on any atom is 0.191 e. The number of nitrogens with one attached hydrogen (secondary N) is 2. The zero-order valence-corrected chi connectivity index (χ0v) is 15.3. The molecule has 5 nitrogen and oxygen atoms in total. The fourth-order valence-corrected chi connectivity index (χ4v) is 2.46. The summed E-state index contributed by atoms with van der Waals surface area (Å²) >= 11 is 0. The molecular formula is C20H28N4O. The predicted molar refractivity (Wildman–Crippen MR) is 103 cm³/mol. The fraction of sp³-hybridized carbons (Fsp3) is 0.400. The minimum absolute atomic E-state index is 0.263. The van der Waals surface area contributed by atoms with Crippen LogP contribution in [0.5, 0.6) is 5.75 Å². The van der Waals surface area contributed by atoms with E-state index >= 15 is 0 Å². The maximum atomic E-state index is 5.63. The Hall–Kier alpha value is -2.56. The SMILES string of the molecule is CCNC(=NCCOc1cccnc1)NC(C)C(C)c1ccccc1. The molecule has 5 heteroatoms. The molecule has 0 bridgehead atoms. The number of guanidine groups is 1. The molecule has 1 aromatic carbocycles. The predicted octanol–water partition coefficient (Wildman–Crippen LogP) is 3.21. The van der Waals surface area contributed by atoms with Crippen molar-refractivity contribution in [2.75, 3.05) is 19.7 Å². The quantitative estimate of drug-likeness (QED) is 0.440. The van der Waals surface area contributed by atoms with Crippen molar-refractivity contribution in [3.8, 4) is 5.75 Å². The molecule has 0 amide bonds. The Kier molecular flexibility index (Phi) is 7.76. The summed E-state index contributed by atoms with van der Waals surface area (Å²) in [6, 6.07) is 14.5. The Labute approximate surface area is 150 Å². The summed E-state index contributed by atoms with van der Waals surface area (Å²) in [5, 5.41) is 6.78.